The normalized spacial score (nSPS) is 15.6. The minimum absolute atomic E-state index is 0.460. The standard InChI is InChI=1S/C11H15NO2/c1-14-11-6-8(7-12-13)2-5-10(11)9-3-4-9/h2,5-6,9,12-13H,3-4,7H2,1H3. The molecule has 0 aliphatic heterocycles. The molecule has 0 aromatic heterocycles. The number of ether oxygens (including phenoxy) is 1. The molecule has 1 aliphatic carbocycles. The Morgan fingerprint density at radius 2 is 2.29 bits per heavy atom. The molecule has 0 atom stereocenters. The van der Waals surface area contributed by atoms with E-state index >= 15 is 0 Å². The molecule has 0 radical (unpaired) electrons. The minimum Gasteiger partial charge on any atom is -0.496 e. The first-order valence-electron chi connectivity index (χ1n) is 4.89. The number of hydrogen-bond donors (Lipinski definition) is 2. The number of methoxy groups -OCH3 is 1. The molecule has 3 heteroatoms. The fraction of sp³-hybridized carbons (Fsp3) is 0.455. The van der Waals surface area contributed by atoms with Crippen LogP contribution in [0.3, 0.4) is 0 Å². The Morgan fingerprint density at radius 3 is 2.86 bits per heavy atom. The Labute approximate surface area is 83.7 Å². The van der Waals surface area contributed by atoms with Gasteiger partial charge in [0, 0.05) is 6.54 Å². The van der Waals surface area contributed by atoms with E-state index in [0.717, 1.165) is 11.3 Å². The monoisotopic (exact) mass is 193 g/mol. The lowest BCUT2D eigenvalue weighted by atomic mass is 10.1. The van der Waals surface area contributed by atoms with Gasteiger partial charge >= 0.3 is 0 Å². The molecule has 1 aliphatic rings. The van der Waals surface area contributed by atoms with Gasteiger partial charge in [0.25, 0.3) is 0 Å². The summed E-state index contributed by atoms with van der Waals surface area (Å²) >= 11 is 0. The first kappa shape index (κ1) is 9.49. The van der Waals surface area contributed by atoms with Gasteiger partial charge in [0.2, 0.25) is 0 Å². The van der Waals surface area contributed by atoms with E-state index in [-0.39, 0.29) is 0 Å². The summed E-state index contributed by atoms with van der Waals surface area (Å²) < 4.78 is 5.32. The second-order valence-electron chi connectivity index (χ2n) is 3.69. The van der Waals surface area contributed by atoms with Gasteiger partial charge in [-0.2, -0.15) is 0 Å². The van der Waals surface area contributed by atoms with Crippen molar-refractivity contribution in [2.75, 3.05) is 7.11 Å². The first-order chi connectivity index (χ1) is 6.85. The van der Waals surface area contributed by atoms with Crippen molar-refractivity contribution in [2.24, 2.45) is 0 Å². The van der Waals surface area contributed by atoms with Crippen LogP contribution < -0.4 is 10.2 Å². The van der Waals surface area contributed by atoms with Gasteiger partial charge in [-0.1, -0.05) is 12.1 Å². The van der Waals surface area contributed by atoms with Crippen LogP contribution in [0, 0.1) is 0 Å². The van der Waals surface area contributed by atoms with Gasteiger partial charge < -0.3 is 9.94 Å². The maximum atomic E-state index is 8.58. The molecule has 0 saturated heterocycles. The van der Waals surface area contributed by atoms with Gasteiger partial charge in [0.05, 0.1) is 7.11 Å². The molecule has 2 N–H and O–H groups in total. The summed E-state index contributed by atoms with van der Waals surface area (Å²) in [4.78, 5) is 0. The first-order valence-corrected chi connectivity index (χ1v) is 4.89. The van der Waals surface area contributed by atoms with E-state index in [2.05, 4.69) is 11.5 Å². The van der Waals surface area contributed by atoms with Crippen LogP contribution in [0.4, 0.5) is 0 Å². The summed E-state index contributed by atoms with van der Waals surface area (Å²) in [5.41, 5.74) is 4.48. The van der Waals surface area contributed by atoms with Crippen molar-refractivity contribution < 1.29 is 9.94 Å². The van der Waals surface area contributed by atoms with Crippen molar-refractivity contribution in [1.29, 1.82) is 0 Å². The molecule has 3 nitrogen and oxygen atoms in total. The Hall–Kier alpha value is -1.06. The largest absolute Gasteiger partial charge is 0.496 e. The lowest BCUT2D eigenvalue weighted by molar-refractivity contribution is 0.161. The number of hydroxylamine groups is 1. The SMILES string of the molecule is COc1cc(CNO)ccc1C1CC1. The lowest BCUT2D eigenvalue weighted by Crippen LogP contribution is -2.06. The Kier molecular flexibility index (Phi) is 2.70. The molecular weight excluding hydrogens is 178 g/mol. The summed E-state index contributed by atoms with van der Waals surface area (Å²) in [5.74, 6) is 1.64. The second-order valence-corrected chi connectivity index (χ2v) is 3.69. The highest BCUT2D eigenvalue weighted by Crippen LogP contribution is 2.44. The second kappa shape index (κ2) is 3.98. The molecule has 1 saturated carbocycles. The van der Waals surface area contributed by atoms with Crippen LogP contribution in [0.1, 0.15) is 29.9 Å². The summed E-state index contributed by atoms with van der Waals surface area (Å²) in [6, 6.07) is 6.11. The van der Waals surface area contributed by atoms with E-state index in [0.29, 0.717) is 12.5 Å². The van der Waals surface area contributed by atoms with Crippen molar-refractivity contribution in [2.45, 2.75) is 25.3 Å². The number of rotatable bonds is 4. The van der Waals surface area contributed by atoms with Crippen molar-refractivity contribution in [1.82, 2.24) is 5.48 Å². The topological polar surface area (TPSA) is 41.5 Å². The van der Waals surface area contributed by atoms with E-state index in [1.807, 2.05) is 12.1 Å². The highest BCUT2D eigenvalue weighted by molar-refractivity contribution is 5.41. The Balaban J connectivity index is 2.24. The van der Waals surface area contributed by atoms with E-state index in [4.69, 9.17) is 9.94 Å². The van der Waals surface area contributed by atoms with Crippen LogP contribution in [-0.4, -0.2) is 12.3 Å². The van der Waals surface area contributed by atoms with E-state index in [1.54, 1.807) is 7.11 Å². The van der Waals surface area contributed by atoms with E-state index < -0.39 is 0 Å². The van der Waals surface area contributed by atoms with Crippen LogP contribution in [0.25, 0.3) is 0 Å². The molecule has 2 rings (SSSR count). The quantitative estimate of drug-likeness (QED) is 0.719. The zero-order valence-electron chi connectivity index (χ0n) is 8.29. The van der Waals surface area contributed by atoms with Gasteiger partial charge in [-0.25, -0.2) is 5.48 Å². The molecule has 14 heavy (non-hydrogen) atoms. The molecule has 1 aromatic rings. The van der Waals surface area contributed by atoms with Gasteiger partial charge in [0.1, 0.15) is 5.75 Å². The molecule has 0 bridgehead atoms. The average Bonchev–Trinajstić information content (AvgIpc) is 3.02. The Morgan fingerprint density at radius 1 is 1.50 bits per heavy atom. The van der Waals surface area contributed by atoms with E-state index in [1.165, 1.54) is 18.4 Å². The molecule has 76 valence electrons. The fourth-order valence-electron chi connectivity index (χ4n) is 1.69. The van der Waals surface area contributed by atoms with Crippen LogP contribution >= 0.6 is 0 Å². The van der Waals surface area contributed by atoms with Gasteiger partial charge in [-0.15, -0.1) is 0 Å². The fourth-order valence-corrected chi connectivity index (χ4v) is 1.69. The predicted octanol–water partition coefficient (Wildman–Crippen LogP) is 2.05. The van der Waals surface area contributed by atoms with Gasteiger partial charge in [-0.05, 0) is 36.0 Å². The number of hydrogen-bond acceptors (Lipinski definition) is 3. The third kappa shape index (κ3) is 1.89. The minimum atomic E-state index is 0.460. The molecule has 1 aromatic carbocycles. The summed E-state index contributed by atoms with van der Waals surface area (Å²) in [7, 11) is 1.69. The zero-order chi connectivity index (χ0) is 9.97. The van der Waals surface area contributed by atoms with Crippen molar-refractivity contribution in [3.05, 3.63) is 29.3 Å². The molecule has 0 heterocycles. The third-order valence-electron chi connectivity index (χ3n) is 2.60. The van der Waals surface area contributed by atoms with Gasteiger partial charge in [-0.3, -0.25) is 0 Å². The maximum absolute atomic E-state index is 8.58. The van der Waals surface area contributed by atoms with Crippen LogP contribution in [-0.2, 0) is 6.54 Å². The molecule has 0 unspecified atom stereocenters. The maximum Gasteiger partial charge on any atom is 0.122 e. The third-order valence-corrected chi connectivity index (χ3v) is 2.60. The molecule has 1 fully saturated rings. The van der Waals surface area contributed by atoms with Gasteiger partial charge in [0.15, 0.2) is 0 Å². The van der Waals surface area contributed by atoms with Crippen LogP contribution in [0.5, 0.6) is 5.75 Å². The Bertz CT molecular complexity index is 321. The molecule has 0 spiro atoms. The van der Waals surface area contributed by atoms with Crippen molar-refractivity contribution >= 4 is 0 Å². The van der Waals surface area contributed by atoms with Crippen LogP contribution in [0.15, 0.2) is 18.2 Å². The molecule has 0 amide bonds. The van der Waals surface area contributed by atoms with Crippen molar-refractivity contribution in [3.8, 4) is 5.75 Å². The highest BCUT2D eigenvalue weighted by atomic mass is 16.5. The average molecular weight is 193 g/mol. The summed E-state index contributed by atoms with van der Waals surface area (Å²) in [6.07, 6.45) is 2.54. The molecular formula is C11H15NO2. The summed E-state index contributed by atoms with van der Waals surface area (Å²) in [6.45, 7) is 0.460. The number of nitrogens with one attached hydrogen (secondary N) is 1. The van der Waals surface area contributed by atoms with Crippen LogP contribution in [0.2, 0.25) is 0 Å². The van der Waals surface area contributed by atoms with Crippen molar-refractivity contribution in [3.63, 3.8) is 0 Å². The summed E-state index contributed by atoms with van der Waals surface area (Å²) in [5, 5.41) is 8.58. The number of benzene rings is 1. The lowest BCUT2D eigenvalue weighted by Gasteiger charge is -2.09. The smallest absolute Gasteiger partial charge is 0.122 e. The zero-order valence-corrected chi connectivity index (χ0v) is 8.29. The highest BCUT2D eigenvalue weighted by Gasteiger charge is 2.26. The predicted molar refractivity (Wildman–Crippen MR) is 53.6 cm³/mol. The van der Waals surface area contributed by atoms with E-state index in [9.17, 15) is 0 Å².